The van der Waals surface area contributed by atoms with Crippen molar-refractivity contribution in [3.05, 3.63) is 65.3 Å². The Balaban J connectivity index is 1.50. The van der Waals surface area contributed by atoms with Crippen LogP contribution >= 0.6 is 11.3 Å². The van der Waals surface area contributed by atoms with E-state index in [1.54, 1.807) is 29.7 Å². The average Bonchev–Trinajstić information content (AvgIpc) is 3.29. The van der Waals surface area contributed by atoms with E-state index in [-0.39, 0.29) is 5.25 Å². The monoisotopic (exact) mass is 440 g/mol. The summed E-state index contributed by atoms with van der Waals surface area (Å²) in [7, 11) is -3.18. The molecule has 30 heavy (non-hydrogen) atoms. The van der Waals surface area contributed by atoms with Gasteiger partial charge in [-0.05, 0) is 61.4 Å². The van der Waals surface area contributed by atoms with Gasteiger partial charge in [0, 0.05) is 36.1 Å². The van der Waals surface area contributed by atoms with E-state index in [2.05, 4.69) is 28.2 Å². The summed E-state index contributed by atoms with van der Waals surface area (Å²) in [6.07, 6.45) is 7.67. The second-order valence-corrected chi connectivity index (χ2v) is 11.0. The molecule has 1 aliphatic carbocycles. The molecule has 0 spiro atoms. The van der Waals surface area contributed by atoms with Crippen LogP contribution in [-0.2, 0) is 14.6 Å². The van der Waals surface area contributed by atoms with Crippen molar-refractivity contribution in [2.75, 3.05) is 13.2 Å². The number of allylic oxidation sites excluding steroid dienone is 1. The second kappa shape index (κ2) is 8.13. The van der Waals surface area contributed by atoms with Gasteiger partial charge in [-0.3, -0.25) is 0 Å². The van der Waals surface area contributed by atoms with Crippen LogP contribution in [0.2, 0.25) is 0 Å². The molecule has 156 valence electrons. The summed E-state index contributed by atoms with van der Waals surface area (Å²) in [6, 6.07) is 11.5. The van der Waals surface area contributed by atoms with E-state index < -0.39 is 9.84 Å². The molecule has 2 fully saturated rings. The molecule has 1 saturated carbocycles. The van der Waals surface area contributed by atoms with E-state index in [0.29, 0.717) is 10.8 Å². The molecule has 0 bridgehead atoms. The van der Waals surface area contributed by atoms with Crippen molar-refractivity contribution in [1.29, 1.82) is 0 Å². The fourth-order valence-corrected chi connectivity index (χ4v) is 6.16. The molecule has 1 N–H and O–H groups in total. The standard InChI is InChI=1S/C23H24N2O3S2/c26-30(27,19-5-6-19)18-3-1-17(2-4-18)20(15-16-9-12-28-13-10-16)21-7-8-22(25-21)23-24-11-14-29-23/h1-4,7-8,11,14-16,19,25H,5-6,9-10,12-13H2/b20-15-. The molecule has 1 aliphatic heterocycles. The van der Waals surface area contributed by atoms with Gasteiger partial charge < -0.3 is 9.72 Å². The van der Waals surface area contributed by atoms with E-state index in [1.165, 1.54) is 0 Å². The maximum Gasteiger partial charge on any atom is 0.181 e. The van der Waals surface area contributed by atoms with Crippen molar-refractivity contribution in [3.8, 4) is 10.7 Å². The molecule has 0 unspecified atom stereocenters. The third-order valence-corrected chi connectivity index (χ3v) is 8.85. The fraction of sp³-hybridized carbons (Fsp3) is 0.348. The Morgan fingerprint density at radius 1 is 1.07 bits per heavy atom. The van der Waals surface area contributed by atoms with Crippen LogP contribution < -0.4 is 0 Å². The Morgan fingerprint density at radius 2 is 1.83 bits per heavy atom. The van der Waals surface area contributed by atoms with E-state index in [1.807, 2.05) is 17.5 Å². The van der Waals surface area contributed by atoms with Gasteiger partial charge in [-0.25, -0.2) is 13.4 Å². The molecule has 3 aromatic rings. The summed E-state index contributed by atoms with van der Waals surface area (Å²) in [5, 5.41) is 2.73. The highest BCUT2D eigenvalue weighted by molar-refractivity contribution is 7.92. The number of sulfone groups is 1. The van der Waals surface area contributed by atoms with Gasteiger partial charge in [0.15, 0.2) is 9.84 Å². The highest BCUT2D eigenvalue weighted by Gasteiger charge is 2.36. The summed E-state index contributed by atoms with van der Waals surface area (Å²) in [5.74, 6) is 0.440. The number of nitrogens with one attached hydrogen (secondary N) is 1. The van der Waals surface area contributed by atoms with E-state index >= 15 is 0 Å². The Morgan fingerprint density at radius 3 is 2.50 bits per heavy atom. The smallest absolute Gasteiger partial charge is 0.181 e. The first-order chi connectivity index (χ1) is 14.6. The lowest BCUT2D eigenvalue weighted by molar-refractivity contribution is 0.0786. The van der Waals surface area contributed by atoms with Crippen LogP contribution in [0, 0.1) is 5.92 Å². The van der Waals surface area contributed by atoms with Crippen LogP contribution in [0.1, 0.15) is 36.9 Å². The minimum Gasteiger partial charge on any atom is -0.381 e. The summed E-state index contributed by atoms with van der Waals surface area (Å²) in [5.41, 5.74) is 4.12. The lowest BCUT2D eigenvalue weighted by Gasteiger charge is -2.20. The molecule has 0 radical (unpaired) electrons. The van der Waals surface area contributed by atoms with Gasteiger partial charge in [0.25, 0.3) is 0 Å². The summed E-state index contributed by atoms with van der Waals surface area (Å²) < 4.78 is 30.6. The highest BCUT2D eigenvalue weighted by atomic mass is 32.2. The molecule has 3 heterocycles. The molecule has 0 amide bonds. The molecule has 0 atom stereocenters. The van der Waals surface area contributed by atoms with Crippen molar-refractivity contribution < 1.29 is 13.2 Å². The normalized spacial score (nSPS) is 18.6. The first-order valence-corrected chi connectivity index (χ1v) is 12.8. The van der Waals surface area contributed by atoms with E-state index in [4.69, 9.17) is 4.74 Å². The van der Waals surface area contributed by atoms with Gasteiger partial charge in [-0.2, -0.15) is 0 Å². The van der Waals surface area contributed by atoms with Crippen LogP contribution in [-0.4, -0.2) is 36.8 Å². The third-order valence-electron chi connectivity index (χ3n) is 5.76. The van der Waals surface area contributed by atoms with Crippen LogP contribution in [0.4, 0.5) is 0 Å². The van der Waals surface area contributed by atoms with Gasteiger partial charge in [0.2, 0.25) is 0 Å². The zero-order valence-corrected chi connectivity index (χ0v) is 18.2. The summed E-state index contributed by atoms with van der Waals surface area (Å²) in [6.45, 7) is 1.56. The van der Waals surface area contributed by atoms with Crippen LogP contribution in [0.3, 0.4) is 0 Å². The number of aromatic nitrogens is 2. The van der Waals surface area contributed by atoms with Crippen molar-refractivity contribution in [2.24, 2.45) is 5.92 Å². The Kier molecular flexibility index (Phi) is 5.35. The van der Waals surface area contributed by atoms with Gasteiger partial charge in [0.1, 0.15) is 5.01 Å². The number of benzene rings is 1. The first-order valence-electron chi connectivity index (χ1n) is 10.3. The summed E-state index contributed by atoms with van der Waals surface area (Å²) in [4.78, 5) is 8.33. The minimum atomic E-state index is -3.18. The van der Waals surface area contributed by atoms with Crippen LogP contribution in [0.25, 0.3) is 16.3 Å². The zero-order valence-electron chi connectivity index (χ0n) is 16.6. The molecular formula is C23H24N2O3S2. The highest BCUT2D eigenvalue weighted by Crippen LogP contribution is 2.35. The maximum atomic E-state index is 12.6. The third kappa shape index (κ3) is 4.02. The van der Waals surface area contributed by atoms with Crippen LogP contribution in [0.5, 0.6) is 0 Å². The minimum absolute atomic E-state index is 0.190. The molecule has 7 heteroatoms. The Bertz CT molecular complexity index is 1140. The van der Waals surface area contributed by atoms with Crippen molar-refractivity contribution in [2.45, 2.75) is 35.8 Å². The van der Waals surface area contributed by atoms with Crippen molar-refractivity contribution >= 4 is 26.7 Å². The maximum absolute atomic E-state index is 12.6. The zero-order chi connectivity index (χ0) is 20.6. The molecule has 2 aliphatic rings. The molecule has 1 aromatic carbocycles. The molecule has 5 nitrogen and oxygen atoms in total. The largest absolute Gasteiger partial charge is 0.381 e. The SMILES string of the molecule is O=S(=O)(c1ccc(/C(=C/C2CCOCC2)c2ccc(-c3nccs3)[nH]2)cc1)C1CC1. The van der Waals surface area contributed by atoms with Crippen molar-refractivity contribution in [3.63, 3.8) is 0 Å². The second-order valence-electron chi connectivity index (χ2n) is 7.92. The summed E-state index contributed by atoms with van der Waals surface area (Å²) >= 11 is 1.60. The van der Waals surface area contributed by atoms with E-state index in [9.17, 15) is 8.42 Å². The molecule has 2 aromatic heterocycles. The van der Waals surface area contributed by atoms with Gasteiger partial charge in [-0.1, -0.05) is 18.2 Å². The Hall–Kier alpha value is -2.22. The molecular weight excluding hydrogens is 416 g/mol. The molecule has 1 saturated heterocycles. The first kappa shape index (κ1) is 19.7. The topological polar surface area (TPSA) is 72.1 Å². The lowest BCUT2D eigenvalue weighted by atomic mass is 9.93. The number of thiazole rings is 1. The number of rotatable bonds is 6. The average molecular weight is 441 g/mol. The molecule has 5 rings (SSSR count). The van der Waals surface area contributed by atoms with Gasteiger partial charge in [0.05, 0.1) is 15.8 Å². The van der Waals surface area contributed by atoms with Crippen LogP contribution in [0.15, 0.2) is 58.9 Å². The van der Waals surface area contributed by atoms with Gasteiger partial charge in [-0.15, -0.1) is 11.3 Å². The Labute approximate surface area is 180 Å². The van der Waals surface area contributed by atoms with E-state index in [0.717, 1.165) is 66.4 Å². The number of hydrogen-bond donors (Lipinski definition) is 1. The number of nitrogens with zero attached hydrogens (tertiary/aromatic N) is 1. The predicted molar refractivity (Wildman–Crippen MR) is 119 cm³/mol. The van der Waals surface area contributed by atoms with Crippen molar-refractivity contribution in [1.82, 2.24) is 9.97 Å². The fourth-order valence-electron chi connectivity index (χ4n) is 3.89. The number of ether oxygens (including phenoxy) is 1. The lowest BCUT2D eigenvalue weighted by Crippen LogP contribution is -2.14. The quantitative estimate of drug-likeness (QED) is 0.590. The number of H-pyrrole nitrogens is 1. The number of aromatic amines is 1. The predicted octanol–water partition coefficient (Wildman–Crippen LogP) is 4.93. The number of hydrogen-bond acceptors (Lipinski definition) is 5. The van der Waals surface area contributed by atoms with Gasteiger partial charge >= 0.3 is 0 Å².